The predicted molar refractivity (Wildman–Crippen MR) is 77.5 cm³/mol. The maximum Gasteiger partial charge on any atom is 0.0347 e. The Bertz CT molecular complexity index is 354. The molecule has 1 aliphatic rings. The van der Waals surface area contributed by atoms with E-state index in [1.165, 1.54) is 30.8 Å². The molecule has 1 aromatic carbocycles. The minimum Gasteiger partial charge on any atom is -0.399 e. The molecule has 3 heteroatoms. The van der Waals surface area contributed by atoms with Crippen molar-refractivity contribution in [2.24, 2.45) is 0 Å². The molecule has 0 spiro atoms. The van der Waals surface area contributed by atoms with Crippen LogP contribution in [0.15, 0.2) is 24.3 Å². The Balaban J connectivity index is 1.84. The standard InChI is InChI=1S/C14H22N2S/c1-2-13-11-16(9-10-17-13)8-7-12-5-3-4-6-14(12)15/h3-6,13H,2,7-11,15H2,1H3. The molecule has 0 aliphatic carbocycles. The SMILES string of the molecule is CCC1CN(CCc2ccccc2N)CCS1. The van der Waals surface area contributed by atoms with Crippen LogP contribution in [0.2, 0.25) is 0 Å². The first-order chi connectivity index (χ1) is 8.29. The van der Waals surface area contributed by atoms with Gasteiger partial charge in [-0.25, -0.2) is 0 Å². The summed E-state index contributed by atoms with van der Waals surface area (Å²) in [5.41, 5.74) is 8.19. The first kappa shape index (κ1) is 12.8. The highest BCUT2D eigenvalue weighted by atomic mass is 32.2. The van der Waals surface area contributed by atoms with E-state index in [0.717, 1.165) is 23.9 Å². The summed E-state index contributed by atoms with van der Waals surface area (Å²) in [5, 5.41) is 0.830. The minimum absolute atomic E-state index is 0.830. The molecule has 1 aromatic rings. The van der Waals surface area contributed by atoms with Gasteiger partial charge < -0.3 is 10.6 Å². The summed E-state index contributed by atoms with van der Waals surface area (Å²) < 4.78 is 0. The monoisotopic (exact) mass is 250 g/mol. The summed E-state index contributed by atoms with van der Waals surface area (Å²) in [6.45, 7) is 5.91. The van der Waals surface area contributed by atoms with E-state index in [-0.39, 0.29) is 0 Å². The van der Waals surface area contributed by atoms with Crippen molar-refractivity contribution in [1.82, 2.24) is 4.90 Å². The van der Waals surface area contributed by atoms with E-state index in [2.05, 4.69) is 35.7 Å². The summed E-state index contributed by atoms with van der Waals surface area (Å²) in [4.78, 5) is 2.58. The second kappa shape index (κ2) is 6.31. The lowest BCUT2D eigenvalue weighted by molar-refractivity contribution is 0.285. The van der Waals surface area contributed by atoms with Gasteiger partial charge in [-0.2, -0.15) is 11.8 Å². The van der Waals surface area contributed by atoms with Gasteiger partial charge in [-0.05, 0) is 24.5 Å². The largest absolute Gasteiger partial charge is 0.399 e. The Morgan fingerprint density at radius 1 is 1.41 bits per heavy atom. The van der Waals surface area contributed by atoms with E-state index < -0.39 is 0 Å². The maximum absolute atomic E-state index is 5.97. The zero-order chi connectivity index (χ0) is 12.1. The molecular formula is C14H22N2S. The molecule has 1 atom stereocenters. The van der Waals surface area contributed by atoms with Gasteiger partial charge in [-0.15, -0.1) is 0 Å². The topological polar surface area (TPSA) is 29.3 Å². The van der Waals surface area contributed by atoms with E-state index in [9.17, 15) is 0 Å². The molecule has 0 bridgehead atoms. The molecule has 0 amide bonds. The number of nitrogen functional groups attached to an aromatic ring is 1. The number of hydrogen-bond acceptors (Lipinski definition) is 3. The van der Waals surface area contributed by atoms with Crippen LogP contribution in [0.5, 0.6) is 0 Å². The van der Waals surface area contributed by atoms with Crippen LogP contribution in [0.3, 0.4) is 0 Å². The van der Waals surface area contributed by atoms with E-state index in [1.807, 2.05) is 12.1 Å². The van der Waals surface area contributed by atoms with Gasteiger partial charge in [0, 0.05) is 36.3 Å². The molecule has 0 aromatic heterocycles. The van der Waals surface area contributed by atoms with Crippen molar-refractivity contribution >= 4 is 17.4 Å². The van der Waals surface area contributed by atoms with Crippen LogP contribution in [0.4, 0.5) is 5.69 Å². The van der Waals surface area contributed by atoms with Gasteiger partial charge in [0.1, 0.15) is 0 Å². The maximum atomic E-state index is 5.97. The number of thioether (sulfide) groups is 1. The zero-order valence-electron chi connectivity index (χ0n) is 10.6. The predicted octanol–water partition coefficient (Wildman–Crippen LogP) is 2.64. The Morgan fingerprint density at radius 2 is 2.24 bits per heavy atom. The number of para-hydroxylation sites is 1. The van der Waals surface area contributed by atoms with E-state index in [1.54, 1.807) is 0 Å². The highest BCUT2D eigenvalue weighted by Crippen LogP contribution is 2.21. The zero-order valence-corrected chi connectivity index (χ0v) is 11.4. The molecular weight excluding hydrogens is 228 g/mol. The third-order valence-corrected chi connectivity index (χ3v) is 4.80. The smallest absolute Gasteiger partial charge is 0.0347 e. The molecule has 1 heterocycles. The van der Waals surface area contributed by atoms with E-state index >= 15 is 0 Å². The molecule has 2 nitrogen and oxygen atoms in total. The van der Waals surface area contributed by atoms with Crippen LogP contribution >= 0.6 is 11.8 Å². The third-order valence-electron chi connectivity index (χ3n) is 3.43. The van der Waals surface area contributed by atoms with Crippen molar-refractivity contribution in [3.05, 3.63) is 29.8 Å². The molecule has 17 heavy (non-hydrogen) atoms. The van der Waals surface area contributed by atoms with Crippen LogP contribution in [0.1, 0.15) is 18.9 Å². The molecule has 1 fully saturated rings. The van der Waals surface area contributed by atoms with Crippen molar-refractivity contribution in [1.29, 1.82) is 0 Å². The number of benzene rings is 1. The molecule has 1 saturated heterocycles. The normalized spacial score (nSPS) is 21.6. The van der Waals surface area contributed by atoms with Crippen molar-refractivity contribution in [2.75, 3.05) is 31.1 Å². The second-order valence-electron chi connectivity index (χ2n) is 4.65. The summed E-state index contributed by atoms with van der Waals surface area (Å²) in [6.07, 6.45) is 2.36. The van der Waals surface area contributed by atoms with Crippen LogP contribution in [0.25, 0.3) is 0 Å². The van der Waals surface area contributed by atoms with Crippen LogP contribution in [-0.4, -0.2) is 35.5 Å². The number of rotatable bonds is 4. The quantitative estimate of drug-likeness (QED) is 0.833. The van der Waals surface area contributed by atoms with Crippen molar-refractivity contribution < 1.29 is 0 Å². The number of anilines is 1. The lowest BCUT2D eigenvalue weighted by atomic mass is 10.1. The summed E-state index contributed by atoms with van der Waals surface area (Å²) in [7, 11) is 0. The Morgan fingerprint density at radius 3 is 3.00 bits per heavy atom. The van der Waals surface area contributed by atoms with Crippen LogP contribution < -0.4 is 5.73 Å². The number of nitrogens with zero attached hydrogens (tertiary/aromatic N) is 1. The van der Waals surface area contributed by atoms with Gasteiger partial charge in [0.2, 0.25) is 0 Å². The molecule has 0 radical (unpaired) electrons. The Hall–Kier alpha value is -0.670. The van der Waals surface area contributed by atoms with Gasteiger partial charge in [0.15, 0.2) is 0 Å². The van der Waals surface area contributed by atoms with Gasteiger partial charge in [0.25, 0.3) is 0 Å². The average Bonchev–Trinajstić information content (AvgIpc) is 2.38. The fourth-order valence-electron chi connectivity index (χ4n) is 2.27. The second-order valence-corrected chi connectivity index (χ2v) is 6.06. The fraction of sp³-hybridized carbons (Fsp3) is 0.571. The van der Waals surface area contributed by atoms with Gasteiger partial charge in [0.05, 0.1) is 0 Å². The number of nitrogens with two attached hydrogens (primary N) is 1. The highest BCUT2D eigenvalue weighted by molar-refractivity contribution is 8.00. The first-order valence-corrected chi connectivity index (χ1v) is 7.51. The molecule has 1 unspecified atom stereocenters. The summed E-state index contributed by atoms with van der Waals surface area (Å²) >= 11 is 2.13. The molecule has 94 valence electrons. The van der Waals surface area contributed by atoms with Gasteiger partial charge in [-0.3, -0.25) is 0 Å². The fourth-order valence-corrected chi connectivity index (χ4v) is 3.52. The average molecular weight is 250 g/mol. The summed E-state index contributed by atoms with van der Waals surface area (Å²) in [6, 6.07) is 8.22. The van der Waals surface area contributed by atoms with E-state index in [0.29, 0.717) is 0 Å². The molecule has 0 saturated carbocycles. The van der Waals surface area contributed by atoms with Crippen molar-refractivity contribution in [3.63, 3.8) is 0 Å². The van der Waals surface area contributed by atoms with Crippen LogP contribution in [0, 0.1) is 0 Å². The lowest BCUT2D eigenvalue weighted by Gasteiger charge is -2.31. The first-order valence-electron chi connectivity index (χ1n) is 6.47. The molecule has 2 N–H and O–H groups in total. The van der Waals surface area contributed by atoms with Crippen LogP contribution in [-0.2, 0) is 6.42 Å². The minimum atomic E-state index is 0.830. The Kier molecular flexibility index (Phi) is 4.75. The molecule has 2 rings (SSSR count). The van der Waals surface area contributed by atoms with Gasteiger partial charge >= 0.3 is 0 Å². The Labute approximate surface area is 109 Å². The van der Waals surface area contributed by atoms with Gasteiger partial charge in [-0.1, -0.05) is 25.1 Å². The molecule has 1 aliphatic heterocycles. The van der Waals surface area contributed by atoms with E-state index in [4.69, 9.17) is 5.73 Å². The van der Waals surface area contributed by atoms with Crippen molar-refractivity contribution in [2.45, 2.75) is 25.0 Å². The third kappa shape index (κ3) is 3.65. The summed E-state index contributed by atoms with van der Waals surface area (Å²) in [5.74, 6) is 1.28. The highest BCUT2D eigenvalue weighted by Gasteiger charge is 2.18. The van der Waals surface area contributed by atoms with Crippen molar-refractivity contribution in [3.8, 4) is 0 Å². The lowest BCUT2D eigenvalue weighted by Crippen LogP contribution is -2.38. The number of hydrogen-bond donors (Lipinski definition) is 1.